The smallest absolute Gasteiger partial charge is 0.255 e. The number of nitrogens with one attached hydrogen (secondary N) is 2. The van der Waals surface area contributed by atoms with Crippen LogP contribution in [0.4, 0.5) is 5.69 Å². The lowest BCUT2D eigenvalue weighted by atomic mass is 10.1. The number of anilines is 1. The lowest BCUT2D eigenvalue weighted by molar-refractivity contribution is 0.102. The van der Waals surface area contributed by atoms with Crippen molar-refractivity contribution < 1.29 is 4.79 Å². The Morgan fingerprint density at radius 2 is 1.46 bits per heavy atom. The van der Waals surface area contributed by atoms with E-state index in [-0.39, 0.29) is 5.91 Å². The number of H-pyrrole nitrogens is 1. The van der Waals surface area contributed by atoms with Crippen LogP contribution in [0.25, 0.3) is 0 Å². The van der Waals surface area contributed by atoms with Crippen LogP contribution in [0.5, 0.6) is 0 Å². The quantitative estimate of drug-likeness (QED) is 0.206. The van der Waals surface area contributed by atoms with Crippen LogP contribution in [0.1, 0.15) is 65.3 Å². The van der Waals surface area contributed by atoms with E-state index in [9.17, 15) is 4.79 Å². The van der Waals surface area contributed by atoms with Crippen LogP contribution in [0.15, 0.2) is 79.3 Å². The summed E-state index contributed by atoms with van der Waals surface area (Å²) < 4.78 is 0. The first kappa shape index (κ1) is 28.2. The van der Waals surface area contributed by atoms with Crippen molar-refractivity contribution in [2.45, 2.75) is 59.8 Å². The summed E-state index contributed by atoms with van der Waals surface area (Å²) in [7, 11) is 0. The molecule has 0 saturated carbocycles. The molecule has 0 aliphatic heterocycles. The summed E-state index contributed by atoms with van der Waals surface area (Å²) in [4.78, 5) is 29.8. The molecule has 0 aliphatic rings. The van der Waals surface area contributed by atoms with Crippen LogP contribution < -0.4 is 5.32 Å². The molecule has 2 aromatic heterocycles. The maximum absolute atomic E-state index is 12.9. The fourth-order valence-electron chi connectivity index (χ4n) is 4.66. The summed E-state index contributed by atoms with van der Waals surface area (Å²) in [5.41, 5.74) is 5.99. The first-order chi connectivity index (χ1) is 19.0. The second-order valence-electron chi connectivity index (χ2n) is 10.1. The minimum atomic E-state index is -0.107. The van der Waals surface area contributed by atoms with Crippen molar-refractivity contribution in [1.82, 2.24) is 24.8 Å². The highest BCUT2D eigenvalue weighted by molar-refractivity contribution is 6.04. The molecule has 7 heteroatoms. The van der Waals surface area contributed by atoms with Crippen LogP contribution in [0.3, 0.4) is 0 Å². The lowest BCUT2D eigenvalue weighted by Crippen LogP contribution is -2.24. The first-order valence-corrected chi connectivity index (χ1v) is 13.9. The van der Waals surface area contributed by atoms with Crippen molar-refractivity contribution in [1.29, 1.82) is 0 Å². The minimum Gasteiger partial charge on any atom is -0.348 e. The van der Waals surface area contributed by atoms with Gasteiger partial charge in [0.25, 0.3) is 5.91 Å². The van der Waals surface area contributed by atoms with Crippen LogP contribution in [-0.4, -0.2) is 43.7 Å². The second-order valence-corrected chi connectivity index (χ2v) is 10.1. The van der Waals surface area contributed by atoms with Crippen molar-refractivity contribution in [3.05, 3.63) is 113 Å². The third kappa shape index (κ3) is 8.87. The molecular weight excluding hydrogens is 484 g/mol. The summed E-state index contributed by atoms with van der Waals surface area (Å²) in [5, 5.41) is 3.03. The number of carbonyl (C=O) groups excluding carboxylic acids is 1. The molecule has 39 heavy (non-hydrogen) atoms. The fraction of sp³-hybridized carbons (Fsp3) is 0.344. The predicted molar refractivity (Wildman–Crippen MR) is 157 cm³/mol. The molecule has 204 valence electrons. The molecule has 1 amide bonds. The molecule has 4 aromatic rings. The maximum Gasteiger partial charge on any atom is 0.255 e. The number of hydrogen-bond donors (Lipinski definition) is 2. The predicted octanol–water partition coefficient (Wildman–Crippen LogP) is 6.19. The molecule has 2 N–H and O–H groups in total. The number of imidazole rings is 1. The van der Waals surface area contributed by atoms with Gasteiger partial charge in [-0.1, -0.05) is 44.2 Å². The molecule has 0 fully saturated rings. The highest BCUT2D eigenvalue weighted by Gasteiger charge is 2.12. The Hall–Kier alpha value is -3.81. The van der Waals surface area contributed by atoms with E-state index in [1.807, 2.05) is 55.7 Å². The molecule has 7 nitrogen and oxygen atoms in total. The molecule has 0 aliphatic carbocycles. The van der Waals surface area contributed by atoms with E-state index in [0.717, 1.165) is 60.8 Å². The van der Waals surface area contributed by atoms with Gasteiger partial charge in [-0.05, 0) is 79.9 Å². The monoisotopic (exact) mass is 524 g/mol. The highest BCUT2D eigenvalue weighted by atomic mass is 16.1. The molecule has 0 spiro atoms. The van der Waals surface area contributed by atoms with Gasteiger partial charge in [0.1, 0.15) is 5.82 Å². The number of nitrogens with zero attached hydrogens (tertiary/aromatic N) is 4. The van der Waals surface area contributed by atoms with Gasteiger partial charge >= 0.3 is 0 Å². The Bertz CT molecular complexity index is 1260. The van der Waals surface area contributed by atoms with Crippen molar-refractivity contribution in [3.63, 3.8) is 0 Å². The zero-order valence-electron chi connectivity index (χ0n) is 23.4. The van der Waals surface area contributed by atoms with Gasteiger partial charge in [-0.3, -0.25) is 19.6 Å². The van der Waals surface area contributed by atoms with Gasteiger partial charge in [-0.15, -0.1) is 0 Å². The van der Waals surface area contributed by atoms with Crippen molar-refractivity contribution >= 4 is 11.6 Å². The van der Waals surface area contributed by atoms with Crippen molar-refractivity contribution in [3.8, 4) is 0 Å². The zero-order chi connectivity index (χ0) is 27.5. The normalized spacial score (nSPS) is 11.3. The van der Waals surface area contributed by atoms with Gasteiger partial charge in [0.15, 0.2) is 0 Å². The average molecular weight is 525 g/mol. The van der Waals surface area contributed by atoms with Gasteiger partial charge < -0.3 is 10.3 Å². The number of aryl methyl sites for hydroxylation is 1. The number of aromatic nitrogens is 3. The Morgan fingerprint density at radius 1 is 0.795 bits per heavy atom. The topological polar surface area (TPSA) is 77.2 Å². The number of amides is 1. The van der Waals surface area contributed by atoms with Gasteiger partial charge in [0.05, 0.1) is 12.2 Å². The molecular formula is C32H40N6O. The second kappa shape index (κ2) is 14.4. The lowest BCUT2D eigenvalue weighted by Gasteiger charge is -2.21. The van der Waals surface area contributed by atoms with Gasteiger partial charge in [-0.25, -0.2) is 4.98 Å². The van der Waals surface area contributed by atoms with Crippen LogP contribution >= 0.6 is 0 Å². The number of rotatable bonds is 14. The van der Waals surface area contributed by atoms with E-state index in [1.165, 1.54) is 5.56 Å². The Morgan fingerprint density at radius 3 is 2.05 bits per heavy atom. The SMILES string of the molecule is CCCN(CCC)Cc1ccc(NC(=O)c2ccc(CN(Cc3ccc(C)cn3)Cc3ncc[nH]3)cc2)cc1. The highest BCUT2D eigenvalue weighted by Crippen LogP contribution is 2.16. The number of hydrogen-bond acceptors (Lipinski definition) is 5. The maximum atomic E-state index is 12.9. The molecule has 2 heterocycles. The molecule has 2 aromatic carbocycles. The van der Waals surface area contributed by atoms with E-state index in [2.05, 4.69) is 68.2 Å². The first-order valence-electron chi connectivity index (χ1n) is 13.9. The number of pyridine rings is 1. The van der Waals surface area contributed by atoms with E-state index in [4.69, 9.17) is 0 Å². The Balaban J connectivity index is 1.35. The van der Waals surface area contributed by atoms with Gasteiger partial charge in [-0.2, -0.15) is 0 Å². The Labute approximate surface area is 232 Å². The van der Waals surface area contributed by atoms with Crippen LogP contribution in [0, 0.1) is 6.92 Å². The summed E-state index contributed by atoms with van der Waals surface area (Å²) >= 11 is 0. The van der Waals surface area contributed by atoms with Crippen molar-refractivity contribution in [2.75, 3.05) is 18.4 Å². The van der Waals surface area contributed by atoms with Crippen LogP contribution in [0.2, 0.25) is 0 Å². The van der Waals surface area contributed by atoms with Gasteiger partial charge in [0, 0.05) is 49.5 Å². The van der Waals surface area contributed by atoms with E-state index >= 15 is 0 Å². The molecule has 0 saturated heterocycles. The third-order valence-corrected chi connectivity index (χ3v) is 6.61. The summed E-state index contributed by atoms with van der Waals surface area (Å²) in [6.45, 7) is 11.7. The molecule has 4 rings (SSSR count). The number of aromatic amines is 1. The third-order valence-electron chi connectivity index (χ3n) is 6.61. The van der Waals surface area contributed by atoms with Crippen molar-refractivity contribution in [2.24, 2.45) is 0 Å². The minimum absolute atomic E-state index is 0.107. The average Bonchev–Trinajstić information content (AvgIpc) is 3.45. The van der Waals surface area contributed by atoms with Gasteiger partial charge in [0.2, 0.25) is 0 Å². The van der Waals surface area contributed by atoms with E-state index in [1.54, 1.807) is 6.20 Å². The summed E-state index contributed by atoms with van der Waals surface area (Å²) in [6, 6.07) is 20.2. The number of benzene rings is 2. The summed E-state index contributed by atoms with van der Waals surface area (Å²) in [6.07, 6.45) is 7.81. The van der Waals surface area contributed by atoms with E-state index < -0.39 is 0 Å². The standard InChI is InChI=1S/C32H40N6O/c1-4-18-37(19-5-2)21-27-9-14-29(15-10-27)36-32(39)28-11-7-26(8-12-28)22-38(24-31-33-16-17-34-31)23-30-13-6-25(3)20-35-30/h6-17,20H,4-5,18-19,21-24H2,1-3H3,(H,33,34)(H,36,39). The molecule has 0 radical (unpaired) electrons. The Kier molecular flexibility index (Phi) is 10.4. The summed E-state index contributed by atoms with van der Waals surface area (Å²) in [5.74, 6) is 0.803. The molecule has 0 unspecified atom stereocenters. The van der Waals surface area contributed by atoms with Crippen LogP contribution in [-0.2, 0) is 26.2 Å². The molecule has 0 atom stereocenters. The largest absolute Gasteiger partial charge is 0.348 e. The molecule has 0 bridgehead atoms. The zero-order valence-corrected chi connectivity index (χ0v) is 23.4. The fourth-order valence-corrected chi connectivity index (χ4v) is 4.66. The number of carbonyl (C=O) groups is 1. The van der Waals surface area contributed by atoms with E-state index in [0.29, 0.717) is 25.2 Å².